The second-order valence-corrected chi connectivity index (χ2v) is 7.06. The predicted octanol–water partition coefficient (Wildman–Crippen LogP) is 3.67. The summed E-state index contributed by atoms with van der Waals surface area (Å²) in [4.78, 5) is 2.67. The van der Waals surface area contributed by atoms with Crippen molar-refractivity contribution in [3.63, 3.8) is 0 Å². The number of hydrogen-bond donors (Lipinski definition) is 1. The van der Waals surface area contributed by atoms with E-state index in [0.717, 1.165) is 17.9 Å². The Labute approximate surface area is 120 Å². The average molecular weight is 266 g/mol. The Morgan fingerprint density at radius 1 is 0.947 bits per heavy atom. The van der Waals surface area contributed by atoms with Gasteiger partial charge in [0, 0.05) is 12.6 Å². The van der Waals surface area contributed by atoms with Crippen molar-refractivity contribution in [2.45, 2.75) is 71.3 Å². The van der Waals surface area contributed by atoms with Crippen molar-refractivity contribution in [1.82, 2.24) is 10.2 Å². The Bertz CT molecular complexity index is 229. The van der Waals surface area contributed by atoms with Gasteiger partial charge in [0.15, 0.2) is 0 Å². The molecule has 2 aliphatic rings. The van der Waals surface area contributed by atoms with Crippen molar-refractivity contribution in [3.05, 3.63) is 0 Å². The van der Waals surface area contributed by atoms with Crippen molar-refractivity contribution in [2.24, 2.45) is 11.8 Å². The molecule has 0 aromatic rings. The molecule has 0 radical (unpaired) electrons. The lowest BCUT2D eigenvalue weighted by Gasteiger charge is -2.32. The van der Waals surface area contributed by atoms with Gasteiger partial charge in [-0.15, -0.1) is 0 Å². The second-order valence-electron chi connectivity index (χ2n) is 7.06. The van der Waals surface area contributed by atoms with Gasteiger partial charge in [0.1, 0.15) is 0 Å². The molecule has 1 heterocycles. The van der Waals surface area contributed by atoms with Gasteiger partial charge in [-0.1, -0.05) is 32.6 Å². The summed E-state index contributed by atoms with van der Waals surface area (Å²) in [6.07, 6.45) is 11.6. The van der Waals surface area contributed by atoms with Gasteiger partial charge in [0.2, 0.25) is 0 Å². The molecule has 112 valence electrons. The minimum Gasteiger partial charge on any atom is -0.314 e. The van der Waals surface area contributed by atoms with Crippen LogP contribution in [-0.2, 0) is 0 Å². The number of nitrogens with zero attached hydrogens (tertiary/aromatic N) is 1. The molecule has 0 aromatic heterocycles. The quantitative estimate of drug-likeness (QED) is 0.789. The summed E-state index contributed by atoms with van der Waals surface area (Å²) in [6, 6.07) is 0.726. The molecule has 2 unspecified atom stereocenters. The molecule has 1 saturated heterocycles. The summed E-state index contributed by atoms with van der Waals surface area (Å²) in [5.74, 6) is 1.74. The lowest BCUT2D eigenvalue weighted by atomic mass is 9.84. The van der Waals surface area contributed by atoms with Crippen molar-refractivity contribution < 1.29 is 0 Å². The highest BCUT2D eigenvalue weighted by atomic mass is 15.1. The van der Waals surface area contributed by atoms with Crippen molar-refractivity contribution in [1.29, 1.82) is 0 Å². The number of piperidine rings is 1. The van der Waals surface area contributed by atoms with E-state index in [1.165, 1.54) is 77.5 Å². The summed E-state index contributed by atoms with van der Waals surface area (Å²) >= 11 is 0. The highest BCUT2D eigenvalue weighted by Gasteiger charge is 2.20. The fraction of sp³-hybridized carbons (Fsp3) is 1.00. The zero-order chi connectivity index (χ0) is 13.5. The van der Waals surface area contributed by atoms with E-state index in [2.05, 4.69) is 24.1 Å². The van der Waals surface area contributed by atoms with Crippen molar-refractivity contribution >= 4 is 0 Å². The van der Waals surface area contributed by atoms with Gasteiger partial charge in [0.25, 0.3) is 0 Å². The van der Waals surface area contributed by atoms with Crippen LogP contribution in [0, 0.1) is 11.8 Å². The minimum atomic E-state index is 0.726. The van der Waals surface area contributed by atoms with E-state index in [1.807, 2.05) is 0 Å². The van der Waals surface area contributed by atoms with Gasteiger partial charge in [-0.25, -0.2) is 0 Å². The van der Waals surface area contributed by atoms with Gasteiger partial charge in [-0.2, -0.15) is 0 Å². The molecule has 2 nitrogen and oxygen atoms in total. The van der Waals surface area contributed by atoms with Crippen LogP contribution in [0.3, 0.4) is 0 Å². The van der Waals surface area contributed by atoms with Crippen LogP contribution in [0.5, 0.6) is 0 Å². The SMILES string of the molecule is CC(CNC(C)C1CCCCC1)CN1CCCCC1. The topological polar surface area (TPSA) is 15.3 Å². The van der Waals surface area contributed by atoms with Gasteiger partial charge < -0.3 is 10.2 Å². The van der Waals surface area contributed by atoms with Crippen LogP contribution < -0.4 is 5.32 Å². The van der Waals surface area contributed by atoms with Crippen LogP contribution in [0.2, 0.25) is 0 Å². The molecule has 1 aliphatic carbocycles. The molecule has 2 heteroatoms. The molecule has 0 bridgehead atoms. The Kier molecular flexibility index (Phi) is 6.66. The molecule has 2 atom stereocenters. The smallest absolute Gasteiger partial charge is 0.00671 e. The van der Waals surface area contributed by atoms with Crippen LogP contribution in [0.4, 0.5) is 0 Å². The summed E-state index contributed by atoms with van der Waals surface area (Å²) in [5.41, 5.74) is 0. The Hall–Kier alpha value is -0.0800. The van der Waals surface area contributed by atoms with Crippen LogP contribution in [0.25, 0.3) is 0 Å². The summed E-state index contributed by atoms with van der Waals surface area (Å²) in [7, 11) is 0. The van der Waals surface area contributed by atoms with E-state index in [9.17, 15) is 0 Å². The first-order chi connectivity index (χ1) is 9.25. The van der Waals surface area contributed by atoms with E-state index < -0.39 is 0 Å². The molecule has 0 spiro atoms. The summed E-state index contributed by atoms with van der Waals surface area (Å²) in [6.45, 7) is 9.99. The van der Waals surface area contributed by atoms with Crippen LogP contribution in [0.1, 0.15) is 65.2 Å². The highest BCUT2D eigenvalue weighted by Crippen LogP contribution is 2.26. The monoisotopic (exact) mass is 266 g/mol. The van der Waals surface area contributed by atoms with E-state index in [1.54, 1.807) is 0 Å². The highest BCUT2D eigenvalue weighted by molar-refractivity contribution is 4.77. The van der Waals surface area contributed by atoms with Gasteiger partial charge in [-0.05, 0) is 64.1 Å². The van der Waals surface area contributed by atoms with E-state index in [-0.39, 0.29) is 0 Å². The van der Waals surface area contributed by atoms with Crippen LogP contribution in [0.15, 0.2) is 0 Å². The second kappa shape index (κ2) is 8.26. The predicted molar refractivity (Wildman–Crippen MR) is 83.5 cm³/mol. The lowest BCUT2D eigenvalue weighted by Crippen LogP contribution is -2.41. The fourth-order valence-electron chi connectivity index (χ4n) is 3.84. The van der Waals surface area contributed by atoms with E-state index >= 15 is 0 Å². The molecule has 0 aromatic carbocycles. The summed E-state index contributed by atoms with van der Waals surface area (Å²) < 4.78 is 0. The average Bonchev–Trinajstić information content (AvgIpc) is 2.47. The van der Waals surface area contributed by atoms with Crippen LogP contribution >= 0.6 is 0 Å². The maximum absolute atomic E-state index is 3.82. The third-order valence-corrected chi connectivity index (χ3v) is 5.16. The third-order valence-electron chi connectivity index (χ3n) is 5.16. The Morgan fingerprint density at radius 2 is 1.58 bits per heavy atom. The Balaban J connectivity index is 1.60. The number of rotatable bonds is 6. The minimum absolute atomic E-state index is 0.726. The molecule has 1 saturated carbocycles. The number of likely N-dealkylation sites (tertiary alicyclic amines) is 1. The fourth-order valence-corrected chi connectivity index (χ4v) is 3.84. The van der Waals surface area contributed by atoms with E-state index in [0.29, 0.717) is 0 Å². The Morgan fingerprint density at radius 3 is 2.26 bits per heavy atom. The molecule has 1 N–H and O–H groups in total. The zero-order valence-corrected chi connectivity index (χ0v) is 13.2. The first kappa shape index (κ1) is 15.3. The molecular weight excluding hydrogens is 232 g/mol. The number of hydrogen-bond acceptors (Lipinski definition) is 2. The molecule has 19 heavy (non-hydrogen) atoms. The maximum Gasteiger partial charge on any atom is 0.00671 e. The molecular formula is C17H34N2. The normalized spacial score (nSPS) is 26.2. The number of nitrogens with one attached hydrogen (secondary N) is 1. The molecule has 1 aliphatic heterocycles. The molecule has 2 fully saturated rings. The van der Waals surface area contributed by atoms with Gasteiger partial charge >= 0.3 is 0 Å². The first-order valence-electron chi connectivity index (χ1n) is 8.71. The third kappa shape index (κ3) is 5.43. The van der Waals surface area contributed by atoms with E-state index in [4.69, 9.17) is 0 Å². The van der Waals surface area contributed by atoms with Crippen molar-refractivity contribution in [3.8, 4) is 0 Å². The zero-order valence-electron chi connectivity index (χ0n) is 13.2. The van der Waals surface area contributed by atoms with Gasteiger partial charge in [0.05, 0.1) is 0 Å². The maximum atomic E-state index is 3.82. The molecule has 0 amide bonds. The largest absolute Gasteiger partial charge is 0.314 e. The molecule has 2 rings (SSSR count). The summed E-state index contributed by atoms with van der Waals surface area (Å²) in [5, 5.41) is 3.82. The lowest BCUT2D eigenvalue weighted by molar-refractivity contribution is 0.192. The standard InChI is InChI=1S/C17H34N2/c1-15(14-19-11-7-4-8-12-19)13-18-16(2)17-9-5-3-6-10-17/h15-18H,3-14H2,1-2H3. The first-order valence-corrected chi connectivity index (χ1v) is 8.71. The van der Waals surface area contributed by atoms with Crippen molar-refractivity contribution in [2.75, 3.05) is 26.2 Å². The van der Waals surface area contributed by atoms with Gasteiger partial charge in [-0.3, -0.25) is 0 Å². The van der Waals surface area contributed by atoms with Crippen LogP contribution in [-0.4, -0.2) is 37.1 Å².